The molecule has 0 aliphatic carbocycles. The molecule has 0 saturated carbocycles. The molecule has 1 aromatic rings. The van der Waals surface area contributed by atoms with Gasteiger partial charge in [-0.05, 0) is 30.5 Å². The first kappa shape index (κ1) is 14.0. The SMILES string of the molecule is Nc1cc2c(c(S(=O)(=O)NCC(F)F)c1)OCCC2. The third kappa shape index (κ3) is 3.13. The van der Waals surface area contributed by atoms with E-state index in [1.165, 1.54) is 6.07 Å². The van der Waals surface area contributed by atoms with Gasteiger partial charge in [0.1, 0.15) is 10.6 Å². The topological polar surface area (TPSA) is 81.4 Å². The van der Waals surface area contributed by atoms with Crippen LogP contribution >= 0.6 is 0 Å². The van der Waals surface area contributed by atoms with Gasteiger partial charge in [-0.25, -0.2) is 21.9 Å². The van der Waals surface area contributed by atoms with Gasteiger partial charge < -0.3 is 10.5 Å². The molecule has 1 aromatic carbocycles. The molecule has 1 aliphatic rings. The van der Waals surface area contributed by atoms with Gasteiger partial charge in [0, 0.05) is 5.69 Å². The van der Waals surface area contributed by atoms with E-state index in [0.29, 0.717) is 18.6 Å². The number of sulfonamides is 1. The minimum atomic E-state index is -4.05. The summed E-state index contributed by atoms with van der Waals surface area (Å²) >= 11 is 0. The number of hydrogen-bond donors (Lipinski definition) is 2. The highest BCUT2D eigenvalue weighted by Gasteiger charge is 2.25. The van der Waals surface area contributed by atoms with Gasteiger partial charge in [0.2, 0.25) is 10.0 Å². The molecular weight excluding hydrogens is 278 g/mol. The predicted octanol–water partition coefficient (Wildman–Crippen LogP) is 1.14. The summed E-state index contributed by atoms with van der Waals surface area (Å²) in [5.74, 6) is 0.210. The molecular formula is C11H14F2N2O3S. The number of halogens is 2. The Morgan fingerprint density at radius 2 is 2.16 bits per heavy atom. The summed E-state index contributed by atoms with van der Waals surface area (Å²) in [7, 11) is -4.05. The number of hydrogen-bond acceptors (Lipinski definition) is 4. The van der Waals surface area contributed by atoms with Crippen LogP contribution in [0.25, 0.3) is 0 Å². The minimum Gasteiger partial charge on any atom is -0.492 e. The maximum Gasteiger partial charge on any atom is 0.251 e. The molecule has 0 unspecified atom stereocenters. The van der Waals surface area contributed by atoms with Crippen LogP contribution in [0.5, 0.6) is 5.75 Å². The van der Waals surface area contributed by atoms with Crippen molar-refractivity contribution in [1.29, 1.82) is 0 Å². The molecule has 0 saturated heterocycles. The number of benzene rings is 1. The van der Waals surface area contributed by atoms with Crippen molar-refractivity contribution in [2.24, 2.45) is 0 Å². The number of ether oxygens (including phenoxy) is 1. The first-order valence-electron chi connectivity index (χ1n) is 5.73. The lowest BCUT2D eigenvalue weighted by Gasteiger charge is -2.21. The minimum absolute atomic E-state index is 0.178. The van der Waals surface area contributed by atoms with Crippen LogP contribution in [0.2, 0.25) is 0 Å². The normalized spacial score (nSPS) is 15.1. The Morgan fingerprint density at radius 3 is 2.84 bits per heavy atom. The standard InChI is InChI=1S/C11H14F2N2O3S/c12-10(13)6-15-19(16,17)9-5-8(14)4-7-2-1-3-18-11(7)9/h4-5,10,15H,1-3,6,14H2. The van der Waals surface area contributed by atoms with Crippen molar-refractivity contribution in [2.75, 3.05) is 18.9 Å². The summed E-state index contributed by atoms with van der Waals surface area (Å²) in [5.41, 5.74) is 6.59. The molecule has 5 nitrogen and oxygen atoms in total. The first-order valence-corrected chi connectivity index (χ1v) is 7.21. The van der Waals surface area contributed by atoms with Gasteiger partial charge in [-0.1, -0.05) is 0 Å². The number of aryl methyl sites for hydroxylation is 1. The molecule has 0 spiro atoms. The van der Waals surface area contributed by atoms with Gasteiger partial charge in [0.15, 0.2) is 0 Å². The zero-order chi connectivity index (χ0) is 14.0. The summed E-state index contributed by atoms with van der Waals surface area (Å²) in [5, 5.41) is 0. The van der Waals surface area contributed by atoms with Crippen molar-refractivity contribution in [3.63, 3.8) is 0 Å². The molecule has 0 radical (unpaired) electrons. The number of alkyl halides is 2. The summed E-state index contributed by atoms with van der Waals surface area (Å²) in [6, 6.07) is 2.86. The molecule has 0 atom stereocenters. The van der Waals surface area contributed by atoms with E-state index in [-0.39, 0.29) is 16.3 Å². The van der Waals surface area contributed by atoms with E-state index in [2.05, 4.69) is 0 Å². The zero-order valence-corrected chi connectivity index (χ0v) is 10.8. The number of nitrogens with one attached hydrogen (secondary N) is 1. The van der Waals surface area contributed by atoms with Crippen molar-refractivity contribution in [1.82, 2.24) is 4.72 Å². The van der Waals surface area contributed by atoms with Crippen LogP contribution in [0.15, 0.2) is 17.0 Å². The summed E-state index contributed by atoms with van der Waals surface area (Å²) in [4.78, 5) is -0.178. The van der Waals surface area contributed by atoms with E-state index in [1.807, 2.05) is 4.72 Å². The largest absolute Gasteiger partial charge is 0.492 e. The van der Waals surface area contributed by atoms with Crippen LogP contribution in [0.3, 0.4) is 0 Å². The first-order chi connectivity index (χ1) is 8.90. The highest BCUT2D eigenvalue weighted by molar-refractivity contribution is 7.89. The second-order valence-corrected chi connectivity index (χ2v) is 5.94. The Bertz CT molecular complexity index is 576. The van der Waals surface area contributed by atoms with Gasteiger partial charge >= 0.3 is 0 Å². The van der Waals surface area contributed by atoms with Gasteiger partial charge in [-0.15, -0.1) is 0 Å². The van der Waals surface area contributed by atoms with Crippen LogP contribution in [0, 0.1) is 0 Å². The van der Waals surface area contributed by atoms with Crippen LogP contribution in [0.4, 0.5) is 14.5 Å². The zero-order valence-electron chi connectivity index (χ0n) is 10.0. The number of anilines is 1. The Balaban J connectivity index is 2.41. The summed E-state index contributed by atoms with van der Waals surface area (Å²) < 4.78 is 55.4. The maximum absolute atomic E-state index is 12.1. The lowest BCUT2D eigenvalue weighted by Crippen LogP contribution is -2.29. The Morgan fingerprint density at radius 1 is 1.42 bits per heavy atom. The lowest BCUT2D eigenvalue weighted by molar-refractivity contribution is 0.153. The average molecular weight is 292 g/mol. The van der Waals surface area contributed by atoms with Gasteiger partial charge in [0.05, 0.1) is 13.2 Å². The molecule has 2 rings (SSSR count). The molecule has 0 aromatic heterocycles. The fourth-order valence-corrected chi connectivity index (χ4v) is 3.15. The highest BCUT2D eigenvalue weighted by Crippen LogP contribution is 2.34. The van der Waals surface area contributed by atoms with Crippen molar-refractivity contribution in [3.8, 4) is 5.75 Å². The molecule has 19 heavy (non-hydrogen) atoms. The monoisotopic (exact) mass is 292 g/mol. The smallest absolute Gasteiger partial charge is 0.251 e. The van der Waals surface area contributed by atoms with Gasteiger partial charge in [-0.3, -0.25) is 0 Å². The summed E-state index contributed by atoms with van der Waals surface area (Å²) in [6.45, 7) is -0.541. The maximum atomic E-state index is 12.1. The van der Waals surface area contributed by atoms with Gasteiger partial charge in [-0.2, -0.15) is 0 Å². The van der Waals surface area contributed by atoms with E-state index >= 15 is 0 Å². The number of nitrogen functional groups attached to an aromatic ring is 1. The second kappa shape index (κ2) is 5.30. The van der Waals surface area contributed by atoms with Crippen molar-refractivity contribution in [2.45, 2.75) is 24.2 Å². The van der Waals surface area contributed by atoms with E-state index < -0.39 is 23.0 Å². The molecule has 0 fully saturated rings. The molecule has 0 amide bonds. The Kier molecular flexibility index (Phi) is 3.91. The Labute approximate surface area is 109 Å². The Hall–Kier alpha value is -1.41. The second-order valence-electron chi connectivity index (χ2n) is 4.20. The fraction of sp³-hybridized carbons (Fsp3) is 0.455. The van der Waals surface area contributed by atoms with Gasteiger partial charge in [0.25, 0.3) is 6.43 Å². The van der Waals surface area contributed by atoms with E-state index in [0.717, 1.165) is 6.42 Å². The van der Waals surface area contributed by atoms with E-state index in [4.69, 9.17) is 10.5 Å². The van der Waals surface area contributed by atoms with Crippen LogP contribution in [-0.4, -0.2) is 28.0 Å². The quantitative estimate of drug-likeness (QED) is 0.815. The number of nitrogens with two attached hydrogens (primary N) is 1. The predicted molar refractivity (Wildman–Crippen MR) is 65.9 cm³/mol. The third-order valence-electron chi connectivity index (χ3n) is 2.71. The fourth-order valence-electron chi connectivity index (χ4n) is 1.92. The number of rotatable bonds is 4. The van der Waals surface area contributed by atoms with Crippen molar-refractivity contribution in [3.05, 3.63) is 17.7 Å². The summed E-state index contributed by atoms with van der Waals surface area (Å²) in [6.07, 6.45) is -1.34. The van der Waals surface area contributed by atoms with E-state index in [9.17, 15) is 17.2 Å². The number of fused-ring (bicyclic) bond motifs is 1. The van der Waals surface area contributed by atoms with Crippen LogP contribution < -0.4 is 15.2 Å². The average Bonchev–Trinajstić information content (AvgIpc) is 2.35. The van der Waals surface area contributed by atoms with Crippen LogP contribution in [-0.2, 0) is 16.4 Å². The third-order valence-corrected chi connectivity index (χ3v) is 4.14. The highest BCUT2D eigenvalue weighted by atomic mass is 32.2. The molecule has 1 heterocycles. The molecule has 106 valence electrons. The molecule has 8 heteroatoms. The van der Waals surface area contributed by atoms with E-state index in [1.54, 1.807) is 6.07 Å². The lowest BCUT2D eigenvalue weighted by atomic mass is 10.1. The molecule has 1 aliphatic heterocycles. The van der Waals surface area contributed by atoms with Crippen molar-refractivity contribution < 1.29 is 21.9 Å². The van der Waals surface area contributed by atoms with Crippen molar-refractivity contribution >= 4 is 15.7 Å². The molecule has 0 bridgehead atoms. The molecule has 3 N–H and O–H groups in total. The van der Waals surface area contributed by atoms with Crippen LogP contribution in [0.1, 0.15) is 12.0 Å².